The van der Waals surface area contributed by atoms with Crippen molar-refractivity contribution >= 4 is 41.1 Å². The molecular formula is C18H20Cl2N4O4. The summed E-state index contributed by atoms with van der Waals surface area (Å²) in [7, 11) is 0. The molecule has 3 amide bonds. The van der Waals surface area contributed by atoms with E-state index in [9.17, 15) is 14.4 Å². The Morgan fingerprint density at radius 2 is 1.93 bits per heavy atom. The van der Waals surface area contributed by atoms with Crippen molar-refractivity contribution in [2.75, 3.05) is 6.54 Å². The summed E-state index contributed by atoms with van der Waals surface area (Å²) >= 11 is 12.5. The molecule has 0 unspecified atom stereocenters. The number of benzene rings is 1. The van der Waals surface area contributed by atoms with Gasteiger partial charge in [-0.2, -0.15) is 5.10 Å². The van der Waals surface area contributed by atoms with Gasteiger partial charge in [-0.25, -0.2) is 14.3 Å². The quantitative estimate of drug-likeness (QED) is 0.691. The van der Waals surface area contributed by atoms with Crippen LogP contribution in [-0.4, -0.2) is 40.3 Å². The predicted octanol–water partition coefficient (Wildman–Crippen LogP) is 2.94. The zero-order valence-electron chi connectivity index (χ0n) is 15.6. The monoisotopic (exact) mass is 426 g/mol. The predicted molar refractivity (Wildman–Crippen MR) is 105 cm³/mol. The van der Waals surface area contributed by atoms with Crippen molar-refractivity contribution in [1.29, 1.82) is 0 Å². The Labute approximate surface area is 172 Å². The van der Waals surface area contributed by atoms with E-state index in [1.807, 2.05) is 12.1 Å². The second-order valence-electron chi connectivity index (χ2n) is 5.90. The van der Waals surface area contributed by atoms with E-state index in [0.29, 0.717) is 17.3 Å². The highest BCUT2D eigenvalue weighted by Crippen LogP contribution is 2.24. The van der Waals surface area contributed by atoms with Gasteiger partial charge in [-0.3, -0.25) is 10.1 Å². The second-order valence-corrected chi connectivity index (χ2v) is 6.66. The number of nitrogens with one attached hydrogen (secondary N) is 2. The molecule has 0 aliphatic rings. The Morgan fingerprint density at radius 1 is 1.25 bits per heavy atom. The molecule has 150 valence electrons. The van der Waals surface area contributed by atoms with Crippen LogP contribution in [0.5, 0.6) is 0 Å². The molecule has 0 bridgehead atoms. The first-order valence-electron chi connectivity index (χ1n) is 8.50. The average Bonchev–Trinajstić information content (AvgIpc) is 2.90. The maximum Gasteiger partial charge on any atom is 0.343 e. The first-order chi connectivity index (χ1) is 13.2. The Morgan fingerprint density at radius 3 is 2.57 bits per heavy atom. The van der Waals surface area contributed by atoms with Crippen LogP contribution in [0.3, 0.4) is 0 Å². The van der Waals surface area contributed by atoms with Crippen LogP contribution in [-0.2, 0) is 16.1 Å². The Kier molecular flexibility index (Phi) is 7.42. The van der Waals surface area contributed by atoms with E-state index in [1.165, 1.54) is 11.6 Å². The summed E-state index contributed by atoms with van der Waals surface area (Å²) in [6, 6.07) is 6.53. The lowest BCUT2D eigenvalue weighted by Gasteiger charge is -2.13. The number of ether oxygens (including phenoxy) is 1. The van der Waals surface area contributed by atoms with Crippen LogP contribution in [0, 0.1) is 6.92 Å². The van der Waals surface area contributed by atoms with Crippen LogP contribution in [0.25, 0.3) is 0 Å². The van der Waals surface area contributed by atoms with Crippen LogP contribution in [0.15, 0.2) is 24.3 Å². The van der Waals surface area contributed by atoms with Crippen molar-refractivity contribution < 1.29 is 19.1 Å². The third-order valence-corrected chi connectivity index (χ3v) is 4.53. The minimum absolute atomic E-state index is 0.0476. The number of rotatable bonds is 6. The minimum Gasteiger partial charge on any atom is -0.449 e. The van der Waals surface area contributed by atoms with E-state index < -0.39 is 24.0 Å². The van der Waals surface area contributed by atoms with E-state index in [2.05, 4.69) is 15.7 Å². The molecule has 8 nitrogen and oxygen atoms in total. The molecule has 0 fully saturated rings. The van der Waals surface area contributed by atoms with Gasteiger partial charge < -0.3 is 10.1 Å². The van der Waals surface area contributed by atoms with Crippen LogP contribution in [0.2, 0.25) is 10.2 Å². The van der Waals surface area contributed by atoms with Gasteiger partial charge in [0.05, 0.1) is 12.2 Å². The summed E-state index contributed by atoms with van der Waals surface area (Å²) in [5.74, 6) is -1.57. The normalized spacial score (nSPS) is 11.6. The van der Waals surface area contributed by atoms with Crippen molar-refractivity contribution in [3.05, 3.63) is 51.3 Å². The number of esters is 1. The Balaban J connectivity index is 2.11. The first-order valence-corrected chi connectivity index (χ1v) is 9.26. The summed E-state index contributed by atoms with van der Waals surface area (Å²) in [6.45, 7) is 5.28. The number of carbonyl (C=O) groups is 3. The summed E-state index contributed by atoms with van der Waals surface area (Å²) in [6.07, 6.45) is -1.20. The van der Waals surface area contributed by atoms with Gasteiger partial charge in [0.1, 0.15) is 10.7 Å². The molecule has 28 heavy (non-hydrogen) atoms. The molecule has 1 aromatic carbocycles. The smallest absolute Gasteiger partial charge is 0.343 e. The lowest BCUT2D eigenvalue weighted by atomic mass is 10.2. The van der Waals surface area contributed by atoms with Gasteiger partial charge in [-0.1, -0.05) is 41.4 Å². The van der Waals surface area contributed by atoms with Crippen molar-refractivity contribution in [3.8, 4) is 0 Å². The van der Waals surface area contributed by atoms with E-state index >= 15 is 0 Å². The number of aromatic nitrogens is 2. The molecule has 10 heteroatoms. The highest BCUT2D eigenvalue weighted by molar-refractivity contribution is 6.33. The Hall–Kier alpha value is -2.58. The number of urea groups is 1. The summed E-state index contributed by atoms with van der Waals surface area (Å²) in [5, 5.41) is 9.35. The third kappa shape index (κ3) is 5.24. The molecule has 2 rings (SSSR count). The minimum atomic E-state index is -1.20. The van der Waals surface area contributed by atoms with Crippen molar-refractivity contribution in [2.24, 2.45) is 0 Å². The average molecular weight is 427 g/mol. The number of nitrogens with zero attached hydrogens (tertiary/aromatic N) is 2. The largest absolute Gasteiger partial charge is 0.449 e. The highest BCUT2D eigenvalue weighted by Gasteiger charge is 2.26. The van der Waals surface area contributed by atoms with Crippen LogP contribution in [0.1, 0.15) is 35.5 Å². The molecule has 0 saturated carbocycles. The van der Waals surface area contributed by atoms with E-state index in [0.717, 1.165) is 5.56 Å². The lowest BCUT2D eigenvalue weighted by molar-refractivity contribution is -0.127. The molecular weight excluding hydrogens is 407 g/mol. The van der Waals surface area contributed by atoms with Crippen LogP contribution < -0.4 is 10.6 Å². The number of hydrogen-bond acceptors (Lipinski definition) is 5. The van der Waals surface area contributed by atoms with E-state index in [-0.39, 0.29) is 17.3 Å². The molecule has 0 saturated heterocycles. The molecule has 0 aliphatic carbocycles. The van der Waals surface area contributed by atoms with Gasteiger partial charge in [-0.15, -0.1) is 0 Å². The van der Waals surface area contributed by atoms with Gasteiger partial charge in [-0.05, 0) is 32.4 Å². The van der Waals surface area contributed by atoms with Crippen molar-refractivity contribution in [2.45, 2.75) is 33.4 Å². The van der Waals surface area contributed by atoms with Gasteiger partial charge in [0.15, 0.2) is 6.10 Å². The maximum absolute atomic E-state index is 12.5. The van der Waals surface area contributed by atoms with Crippen LogP contribution >= 0.6 is 23.2 Å². The third-order valence-electron chi connectivity index (χ3n) is 3.77. The summed E-state index contributed by atoms with van der Waals surface area (Å²) < 4.78 is 6.56. The molecule has 1 atom stereocenters. The zero-order chi connectivity index (χ0) is 20.8. The van der Waals surface area contributed by atoms with Crippen LogP contribution in [0.4, 0.5) is 4.79 Å². The number of carbonyl (C=O) groups excluding carboxylic acids is 3. The van der Waals surface area contributed by atoms with Gasteiger partial charge in [0.2, 0.25) is 0 Å². The number of imide groups is 1. The Bertz CT molecular complexity index is 898. The fourth-order valence-electron chi connectivity index (χ4n) is 2.37. The standard InChI is InChI=1S/C18H20Cl2N4O4/c1-4-21-18(27)22-16(25)11(3)28-17(26)14-10(2)23-24(15(14)20)9-12-7-5-6-8-13(12)19/h5-8,11H,4,9H2,1-3H3,(H2,21,22,25,27)/t11-/m0/s1. The molecule has 1 heterocycles. The number of aryl methyl sites for hydroxylation is 1. The fraction of sp³-hybridized carbons (Fsp3) is 0.333. The number of halogens is 2. The topological polar surface area (TPSA) is 102 Å². The summed E-state index contributed by atoms with van der Waals surface area (Å²) in [4.78, 5) is 35.8. The van der Waals surface area contributed by atoms with Crippen molar-refractivity contribution in [1.82, 2.24) is 20.4 Å². The van der Waals surface area contributed by atoms with Gasteiger partial charge >= 0.3 is 12.0 Å². The number of hydrogen-bond donors (Lipinski definition) is 2. The van der Waals surface area contributed by atoms with Gasteiger partial charge in [0, 0.05) is 11.6 Å². The summed E-state index contributed by atoms with van der Waals surface area (Å²) in [5.41, 5.74) is 1.17. The van der Waals surface area contributed by atoms with Gasteiger partial charge in [0.25, 0.3) is 5.91 Å². The SMILES string of the molecule is CCNC(=O)NC(=O)[C@H](C)OC(=O)c1c(C)nn(Cc2ccccc2Cl)c1Cl. The molecule has 2 N–H and O–H groups in total. The maximum atomic E-state index is 12.5. The first kappa shape index (κ1) is 21.7. The van der Waals surface area contributed by atoms with Crippen molar-refractivity contribution in [3.63, 3.8) is 0 Å². The lowest BCUT2D eigenvalue weighted by Crippen LogP contribution is -2.44. The number of amides is 3. The fourth-order valence-corrected chi connectivity index (χ4v) is 2.88. The van der Waals surface area contributed by atoms with E-state index in [4.69, 9.17) is 27.9 Å². The molecule has 0 radical (unpaired) electrons. The zero-order valence-corrected chi connectivity index (χ0v) is 17.1. The highest BCUT2D eigenvalue weighted by atomic mass is 35.5. The molecule has 1 aromatic heterocycles. The molecule has 2 aromatic rings. The second kappa shape index (κ2) is 9.57. The molecule has 0 aliphatic heterocycles. The van der Waals surface area contributed by atoms with E-state index in [1.54, 1.807) is 26.0 Å². The molecule has 0 spiro atoms.